The molecule has 3 amide bonds. The monoisotopic (exact) mass is 492 g/mol. The highest BCUT2D eigenvalue weighted by Crippen LogP contribution is 2.41. The Hall–Kier alpha value is -3.30. The number of pyridine rings is 1. The zero-order valence-corrected chi connectivity index (χ0v) is 20.5. The van der Waals surface area contributed by atoms with E-state index in [1.807, 2.05) is 30.3 Å². The van der Waals surface area contributed by atoms with Crippen molar-refractivity contribution in [1.82, 2.24) is 20.1 Å². The number of imide groups is 1. The average Bonchev–Trinajstić information content (AvgIpc) is 3.52. The standard InChI is InChI=1S/C27H32N4O5/c1-35-24(32)20-9-7-19(8-10-20)17-30-14-11-21(12-15-30)27(23-6-2-3-13-28-23)25(33)31(26(34)29-27)18-22-5-4-16-36-22/h2-3,6-10,13,21-22H,4-5,11-12,14-18H2,1H3,(H,29,34)/t22-,27+/m0/s1. The van der Waals surface area contributed by atoms with Gasteiger partial charge in [-0.15, -0.1) is 0 Å². The van der Waals surface area contributed by atoms with E-state index in [1.54, 1.807) is 18.3 Å². The quantitative estimate of drug-likeness (QED) is 0.468. The van der Waals surface area contributed by atoms with Crippen LogP contribution in [0.4, 0.5) is 4.79 Å². The molecular formula is C27H32N4O5. The van der Waals surface area contributed by atoms with Crippen molar-refractivity contribution in [2.24, 2.45) is 5.92 Å². The highest BCUT2D eigenvalue weighted by molar-refractivity contribution is 6.07. The lowest BCUT2D eigenvalue weighted by atomic mass is 9.75. The lowest BCUT2D eigenvalue weighted by molar-refractivity contribution is -0.135. The molecule has 3 aliphatic heterocycles. The number of likely N-dealkylation sites (tertiary alicyclic amines) is 1. The second kappa shape index (κ2) is 10.4. The van der Waals surface area contributed by atoms with Crippen molar-refractivity contribution < 1.29 is 23.9 Å². The van der Waals surface area contributed by atoms with Crippen molar-refractivity contribution in [3.05, 3.63) is 65.5 Å². The third-order valence-electron chi connectivity index (χ3n) is 7.59. The molecule has 0 radical (unpaired) electrons. The molecule has 0 unspecified atom stereocenters. The molecule has 0 aliphatic carbocycles. The summed E-state index contributed by atoms with van der Waals surface area (Å²) in [6.45, 7) is 3.26. The van der Waals surface area contributed by atoms with E-state index in [-0.39, 0.29) is 36.5 Å². The molecule has 0 saturated carbocycles. The van der Waals surface area contributed by atoms with Gasteiger partial charge >= 0.3 is 12.0 Å². The van der Waals surface area contributed by atoms with Gasteiger partial charge in [0.15, 0.2) is 5.54 Å². The van der Waals surface area contributed by atoms with Gasteiger partial charge in [-0.05, 0) is 74.5 Å². The van der Waals surface area contributed by atoms with Gasteiger partial charge < -0.3 is 14.8 Å². The molecule has 4 heterocycles. The van der Waals surface area contributed by atoms with Crippen molar-refractivity contribution in [3.63, 3.8) is 0 Å². The van der Waals surface area contributed by atoms with E-state index in [9.17, 15) is 14.4 Å². The maximum Gasteiger partial charge on any atom is 0.337 e. The van der Waals surface area contributed by atoms with Gasteiger partial charge in [0.25, 0.3) is 5.91 Å². The van der Waals surface area contributed by atoms with E-state index in [2.05, 4.69) is 15.2 Å². The average molecular weight is 493 g/mol. The molecule has 0 spiro atoms. The number of nitrogens with zero attached hydrogens (tertiary/aromatic N) is 3. The molecule has 3 saturated heterocycles. The fourth-order valence-corrected chi connectivity index (χ4v) is 5.65. The number of piperidine rings is 1. The SMILES string of the molecule is COC(=O)c1ccc(CN2CCC([C@]3(c4ccccn4)NC(=O)N(C[C@@H]4CCCO4)C3=O)CC2)cc1. The minimum Gasteiger partial charge on any atom is -0.465 e. The Labute approximate surface area is 210 Å². The third-order valence-corrected chi connectivity index (χ3v) is 7.59. The van der Waals surface area contributed by atoms with E-state index in [0.717, 1.165) is 50.9 Å². The third kappa shape index (κ3) is 4.60. The van der Waals surface area contributed by atoms with Crippen molar-refractivity contribution >= 4 is 17.9 Å². The predicted octanol–water partition coefficient (Wildman–Crippen LogP) is 2.71. The number of esters is 1. The summed E-state index contributed by atoms with van der Waals surface area (Å²) >= 11 is 0. The van der Waals surface area contributed by atoms with E-state index in [1.165, 1.54) is 12.0 Å². The molecule has 0 bridgehead atoms. The lowest BCUT2D eigenvalue weighted by Crippen LogP contribution is -2.54. The van der Waals surface area contributed by atoms with E-state index < -0.39 is 5.54 Å². The van der Waals surface area contributed by atoms with Gasteiger partial charge in [0.2, 0.25) is 0 Å². The first kappa shape index (κ1) is 24.4. The summed E-state index contributed by atoms with van der Waals surface area (Å²) in [5, 5.41) is 3.07. The number of carbonyl (C=O) groups is 3. The zero-order chi connectivity index (χ0) is 25.1. The van der Waals surface area contributed by atoms with Crippen LogP contribution in [0, 0.1) is 5.92 Å². The van der Waals surface area contributed by atoms with Crippen LogP contribution in [0.2, 0.25) is 0 Å². The van der Waals surface area contributed by atoms with Crippen LogP contribution in [0.5, 0.6) is 0 Å². The van der Waals surface area contributed by atoms with E-state index >= 15 is 0 Å². The van der Waals surface area contributed by atoms with Gasteiger partial charge in [0, 0.05) is 19.3 Å². The minimum absolute atomic E-state index is 0.0729. The first-order chi connectivity index (χ1) is 17.5. The topological polar surface area (TPSA) is 101 Å². The smallest absolute Gasteiger partial charge is 0.337 e. The number of methoxy groups -OCH3 is 1. The molecule has 3 fully saturated rings. The van der Waals surface area contributed by atoms with E-state index in [4.69, 9.17) is 9.47 Å². The van der Waals surface area contributed by atoms with Gasteiger partial charge in [0.05, 0.1) is 31.0 Å². The van der Waals surface area contributed by atoms with Crippen LogP contribution >= 0.6 is 0 Å². The number of nitrogens with one attached hydrogen (secondary N) is 1. The van der Waals surface area contributed by atoms with Gasteiger partial charge in [-0.25, -0.2) is 9.59 Å². The summed E-state index contributed by atoms with van der Waals surface area (Å²) < 4.78 is 10.5. The summed E-state index contributed by atoms with van der Waals surface area (Å²) in [7, 11) is 1.37. The Kier molecular flexibility index (Phi) is 7.02. The van der Waals surface area contributed by atoms with Crippen LogP contribution in [0.25, 0.3) is 0 Å². The summed E-state index contributed by atoms with van der Waals surface area (Å²) in [5.74, 6) is -0.645. The van der Waals surface area contributed by atoms with Crippen molar-refractivity contribution in [2.45, 2.75) is 43.9 Å². The van der Waals surface area contributed by atoms with Crippen LogP contribution in [0.15, 0.2) is 48.7 Å². The predicted molar refractivity (Wildman–Crippen MR) is 131 cm³/mol. The number of amides is 3. The van der Waals surface area contributed by atoms with Gasteiger partial charge in [0.1, 0.15) is 0 Å². The highest BCUT2D eigenvalue weighted by Gasteiger charge is 2.58. The van der Waals surface area contributed by atoms with Crippen molar-refractivity contribution in [3.8, 4) is 0 Å². The normalized spacial score (nSPS) is 25.2. The molecule has 2 aromatic rings. The minimum atomic E-state index is -1.16. The summed E-state index contributed by atoms with van der Waals surface area (Å²) in [6.07, 6.45) is 4.86. The molecule has 1 aromatic heterocycles. The zero-order valence-electron chi connectivity index (χ0n) is 20.5. The Morgan fingerprint density at radius 2 is 1.92 bits per heavy atom. The Bertz CT molecular complexity index is 1090. The molecule has 9 heteroatoms. The molecular weight excluding hydrogens is 460 g/mol. The first-order valence-electron chi connectivity index (χ1n) is 12.6. The maximum atomic E-state index is 13.9. The van der Waals surface area contributed by atoms with Crippen molar-refractivity contribution in [2.75, 3.05) is 33.4 Å². The number of benzene rings is 1. The number of hydrogen-bond acceptors (Lipinski definition) is 7. The first-order valence-corrected chi connectivity index (χ1v) is 12.6. The number of hydrogen-bond donors (Lipinski definition) is 1. The van der Waals surface area contributed by atoms with Crippen molar-refractivity contribution in [1.29, 1.82) is 0 Å². The van der Waals surface area contributed by atoms with Gasteiger partial charge in [-0.2, -0.15) is 0 Å². The second-order valence-corrected chi connectivity index (χ2v) is 9.74. The molecule has 1 N–H and O–H groups in total. The number of urea groups is 1. The Morgan fingerprint density at radius 3 is 2.56 bits per heavy atom. The fraction of sp³-hybridized carbons (Fsp3) is 0.481. The molecule has 2 atom stereocenters. The second-order valence-electron chi connectivity index (χ2n) is 9.74. The number of rotatable bonds is 7. The van der Waals surface area contributed by atoms with E-state index in [0.29, 0.717) is 17.9 Å². The Balaban J connectivity index is 1.30. The highest BCUT2D eigenvalue weighted by atomic mass is 16.5. The van der Waals surface area contributed by atoms with Crippen LogP contribution in [0.3, 0.4) is 0 Å². The molecule has 9 nitrogen and oxygen atoms in total. The maximum absolute atomic E-state index is 13.9. The van der Waals surface area contributed by atoms with Gasteiger partial charge in [-0.3, -0.25) is 19.6 Å². The van der Waals surface area contributed by atoms with Gasteiger partial charge in [-0.1, -0.05) is 18.2 Å². The van der Waals surface area contributed by atoms with Crippen LogP contribution in [-0.2, 0) is 26.4 Å². The number of carbonyl (C=O) groups excluding carboxylic acids is 3. The summed E-state index contributed by atoms with van der Waals surface area (Å²) in [5.41, 5.74) is 1.06. The largest absolute Gasteiger partial charge is 0.465 e. The molecule has 3 aliphatic rings. The van der Waals surface area contributed by atoms with Crippen LogP contribution in [-0.4, -0.2) is 72.1 Å². The molecule has 190 valence electrons. The fourth-order valence-electron chi connectivity index (χ4n) is 5.65. The molecule has 1 aromatic carbocycles. The van der Waals surface area contributed by atoms with Crippen LogP contribution in [0.1, 0.15) is 47.3 Å². The lowest BCUT2D eigenvalue weighted by Gasteiger charge is -2.40. The Morgan fingerprint density at radius 1 is 1.14 bits per heavy atom. The number of ether oxygens (including phenoxy) is 2. The summed E-state index contributed by atoms with van der Waals surface area (Å²) in [4.78, 5) is 46.9. The number of aromatic nitrogens is 1. The summed E-state index contributed by atoms with van der Waals surface area (Å²) in [6, 6.07) is 12.6. The van der Waals surface area contributed by atoms with Crippen LogP contribution < -0.4 is 5.32 Å². The molecule has 5 rings (SSSR count). The molecule has 36 heavy (non-hydrogen) atoms.